The Balaban J connectivity index is 1.77. The number of carbonyl (C=O) groups is 1. The van der Waals surface area contributed by atoms with Gasteiger partial charge in [-0.2, -0.15) is 0 Å². The number of carbonyl (C=O) groups excluding carboxylic acids is 1. The number of anilines is 1. The highest BCUT2D eigenvalue weighted by Gasteiger charge is 2.23. The number of hydrogen-bond acceptors (Lipinski definition) is 3. The van der Waals surface area contributed by atoms with E-state index in [4.69, 9.17) is 0 Å². The largest absolute Gasteiger partial charge is 0.309 e. The van der Waals surface area contributed by atoms with Gasteiger partial charge in [-0.3, -0.25) is 4.79 Å². The minimum absolute atomic E-state index is 0.0231. The van der Waals surface area contributed by atoms with Gasteiger partial charge >= 0.3 is 0 Å². The molecule has 0 aromatic heterocycles. The van der Waals surface area contributed by atoms with Crippen molar-refractivity contribution in [1.29, 1.82) is 0 Å². The summed E-state index contributed by atoms with van der Waals surface area (Å²) in [5.74, 6) is -0.147. The topological polar surface area (TPSA) is 66.5 Å². The first kappa shape index (κ1) is 18.6. The lowest BCUT2D eigenvalue weighted by atomic mass is 10.2. The van der Waals surface area contributed by atoms with E-state index in [1.165, 1.54) is 12.1 Å². The molecular formula is C20H24N2O3S. The van der Waals surface area contributed by atoms with Gasteiger partial charge in [-0.25, -0.2) is 13.1 Å². The maximum absolute atomic E-state index is 12.8. The number of amides is 1. The summed E-state index contributed by atoms with van der Waals surface area (Å²) < 4.78 is 27.7. The summed E-state index contributed by atoms with van der Waals surface area (Å²) in [6.45, 7) is 2.45. The zero-order chi connectivity index (χ0) is 18.6. The summed E-state index contributed by atoms with van der Waals surface area (Å²) >= 11 is 0. The van der Waals surface area contributed by atoms with E-state index in [2.05, 4.69) is 4.72 Å². The molecule has 0 atom stereocenters. The van der Waals surface area contributed by atoms with Crippen molar-refractivity contribution in [2.24, 2.45) is 0 Å². The zero-order valence-electron chi connectivity index (χ0n) is 14.9. The molecule has 2 aromatic rings. The summed E-state index contributed by atoms with van der Waals surface area (Å²) in [6, 6.07) is 15.6. The molecule has 0 radical (unpaired) electrons. The molecule has 0 saturated heterocycles. The normalized spacial score (nSPS) is 15.1. The zero-order valence-corrected chi connectivity index (χ0v) is 15.7. The van der Waals surface area contributed by atoms with E-state index >= 15 is 0 Å². The van der Waals surface area contributed by atoms with Gasteiger partial charge in [0.25, 0.3) is 5.91 Å². The Hall–Kier alpha value is -2.18. The quantitative estimate of drug-likeness (QED) is 0.843. The van der Waals surface area contributed by atoms with Crippen LogP contribution in [-0.2, 0) is 10.0 Å². The Kier molecular flexibility index (Phi) is 5.74. The van der Waals surface area contributed by atoms with Gasteiger partial charge < -0.3 is 4.90 Å². The standard InChI is InChI=1S/C20H24N2O3S/c1-2-22(18-10-4-3-5-11-18)20(23)16-12-14-19(15-13-16)26(24,25)21-17-8-6-7-9-17/h3-5,10-15,17,21H,2,6-9H2,1H3. The minimum Gasteiger partial charge on any atom is -0.309 e. The molecule has 5 nitrogen and oxygen atoms in total. The third kappa shape index (κ3) is 4.14. The van der Waals surface area contributed by atoms with Crippen LogP contribution in [0.15, 0.2) is 59.5 Å². The van der Waals surface area contributed by atoms with Crippen LogP contribution in [0.4, 0.5) is 5.69 Å². The van der Waals surface area contributed by atoms with Gasteiger partial charge in [-0.15, -0.1) is 0 Å². The molecule has 0 aliphatic heterocycles. The number of rotatable bonds is 6. The van der Waals surface area contributed by atoms with Crippen molar-refractivity contribution in [3.63, 3.8) is 0 Å². The fraction of sp³-hybridized carbons (Fsp3) is 0.350. The molecule has 0 unspecified atom stereocenters. The maximum atomic E-state index is 12.8. The summed E-state index contributed by atoms with van der Waals surface area (Å²) in [4.78, 5) is 14.6. The average Bonchev–Trinajstić information content (AvgIpc) is 3.15. The molecule has 0 heterocycles. The maximum Gasteiger partial charge on any atom is 0.258 e. The fourth-order valence-electron chi connectivity index (χ4n) is 3.31. The van der Waals surface area contributed by atoms with E-state index in [1.807, 2.05) is 37.3 Å². The van der Waals surface area contributed by atoms with Gasteiger partial charge in [0.2, 0.25) is 10.0 Å². The molecule has 2 aromatic carbocycles. The SMILES string of the molecule is CCN(C(=O)c1ccc(S(=O)(=O)NC2CCCC2)cc1)c1ccccc1. The second-order valence-corrected chi connectivity index (χ2v) is 8.23. The first-order valence-corrected chi connectivity index (χ1v) is 10.5. The summed E-state index contributed by atoms with van der Waals surface area (Å²) in [7, 11) is -3.54. The van der Waals surface area contributed by atoms with Gasteiger partial charge in [-0.1, -0.05) is 31.0 Å². The van der Waals surface area contributed by atoms with Crippen LogP contribution in [0, 0.1) is 0 Å². The second-order valence-electron chi connectivity index (χ2n) is 6.51. The number of benzene rings is 2. The Morgan fingerprint density at radius 2 is 1.65 bits per heavy atom. The van der Waals surface area contributed by atoms with Crippen molar-refractivity contribution in [1.82, 2.24) is 4.72 Å². The first-order valence-electron chi connectivity index (χ1n) is 9.00. The van der Waals surface area contributed by atoms with E-state index < -0.39 is 10.0 Å². The van der Waals surface area contributed by atoms with E-state index in [0.717, 1.165) is 31.4 Å². The predicted molar refractivity (Wildman–Crippen MR) is 103 cm³/mol. The van der Waals surface area contributed by atoms with Crippen molar-refractivity contribution in [3.8, 4) is 0 Å². The molecule has 6 heteroatoms. The molecule has 1 aliphatic rings. The molecule has 1 N–H and O–H groups in total. The predicted octanol–water partition coefficient (Wildman–Crippen LogP) is 3.57. The molecule has 1 amide bonds. The third-order valence-corrected chi connectivity index (χ3v) is 6.25. The second kappa shape index (κ2) is 8.01. The molecule has 1 fully saturated rings. The Labute approximate surface area is 155 Å². The van der Waals surface area contributed by atoms with Crippen LogP contribution < -0.4 is 9.62 Å². The van der Waals surface area contributed by atoms with Gasteiger partial charge in [0, 0.05) is 23.8 Å². The van der Waals surface area contributed by atoms with Crippen LogP contribution in [0.2, 0.25) is 0 Å². The number of nitrogens with one attached hydrogen (secondary N) is 1. The van der Waals surface area contributed by atoms with E-state index in [1.54, 1.807) is 17.0 Å². The average molecular weight is 372 g/mol. The molecular weight excluding hydrogens is 348 g/mol. The summed E-state index contributed by atoms with van der Waals surface area (Å²) in [5, 5.41) is 0. The van der Waals surface area contributed by atoms with Crippen molar-refractivity contribution in [2.45, 2.75) is 43.5 Å². The van der Waals surface area contributed by atoms with Crippen molar-refractivity contribution in [3.05, 3.63) is 60.2 Å². The molecule has 1 aliphatic carbocycles. The van der Waals surface area contributed by atoms with E-state index in [-0.39, 0.29) is 16.8 Å². The minimum atomic E-state index is -3.54. The monoisotopic (exact) mass is 372 g/mol. The van der Waals surface area contributed by atoms with Crippen molar-refractivity contribution in [2.75, 3.05) is 11.4 Å². The molecule has 138 valence electrons. The van der Waals surface area contributed by atoms with Gasteiger partial charge in [0.05, 0.1) is 4.90 Å². The fourth-order valence-corrected chi connectivity index (χ4v) is 4.62. The van der Waals surface area contributed by atoms with Crippen molar-refractivity contribution >= 4 is 21.6 Å². The smallest absolute Gasteiger partial charge is 0.258 e. The lowest BCUT2D eigenvalue weighted by Crippen LogP contribution is -2.33. The van der Waals surface area contributed by atoms with Gasteiger partial charge in [0.1, 0.15) is 0 Å². The Morgan fingerprint density at radius 3 is 2.23 bits per heavy atom. The summed E-state index contributed by atoms with van der Waals surface area (Å²) in [5.41, 5.74) is 1.29. The molecule has 1 saturated carbocycles. The van der Waals surface area contributed by atoms with Crippen LogP contribution in [0.25, 0.3) is 0 Å². The van der Waals surface area contributed by atoms with Crippen LogP contribution in [0.5, 0.6) is 0 Å². The highest BCUT2D eigenvalue weighted by molar-refractivity contribution is 7.89. The van der Waals surface area contributed by atoms with Gasteiger partial charge in [-0.05, 0) is 56.2 Å². The molecule has 0 bridgehead atoms. The van der Waals surface area contributed by atoms with Crippen LogP contribution >= 0.6 is 0 Å². The molecule has 26 heavy (non-hydrogen) atoms. The highest BCUT2D eigenvalue weighted by atomic mass is 32.2. The Bertz CT molecular complexity index is 842. The molecule has 3 rings (SSSR count). The number of hydrogen-bond donors (Lipinski definition) is 1. The van der Waals surface area contributed by atoms with Crippen LogP contribution in [0.1, 0.15) is 43.0 Å². The van der Waals surface area contributed by atoms with Crippen LogP contribution in [-0.4, -0.2) is 26.9 Å². The number of nitrogens with zero attached hydrogens (tertiary/aromatic N) is 1. The highest BCUT2D eigenvalue weighted by Crippen LogP contribution is 2.21. The van der Waals surface area contributed by atoms with E-state index in [0.29, 0.717) is 12.1 Å². The van der Waals surface area contributed by atoms with E-state index in [9.17, 15) is 13.2 Å². The first-order chi connectivity index (χ1) is 12.5. The lowest BCUT2D eigenvalue weighted by Gasteiger charge is -2.21. The summed E-state index contributed by atoms with van der Waals surface area (Å²) in [6.07, 6.45) is 3.90. The molecule has 0 spiro atoms. The Morgan fingerprint density at radius 1 is 1.04 bits per heavy atom. The number of sulfonamides is 1. The number of para-hydroxylation sites is 1. The van der Waals surface area contributed by atoms with Gasteiger partial charge in [0.15, 0.2) is 0 Å². The lowest BCUT2D eigenvalue weighted by molar-refractivity contribution is 0.0988. The third-order valence-electron chi connectivity index (χ3n) is 4.72. The van der Waals surface area contributed by atoms with Crippen LogP contribution in [0.3, 0.4) is 0 Å². The van der Waals surface area contributed by atoms with Crippen molar-refractivity contribution < 1.29 is 13.2 Å².